The third kappa shape index (κ3) is 4.64. The molecular weight excluding hydrogens is 378 g/mol. The zero-order valence-electron chi connectivity index (χ0n) is 14.7. The van der Waals surface area contributed by atoms with E-state index in [0.29, 0.717) is 5.69 Å². The van der Waals surface area contributed by atoms with Crippen molar-refractivity contribution in [1.29, 1.82) is 0 Å². The summed E-state index contributed by atoms with van der Waals surface area (Å²) in [7, 11) is -1.67. The molecule has 144 valence electrons. The number of benzene rings is 2. The van der Waals surface area contributed by atoms with Crippen LogP contribution in [0, 0.1) is 10.1 Å². The van der Waals surface area contributed by atoms with Crippen LogP contribution in [0.1, 0.15) is 6.92 Å². The molecule has 0 saturated carbocycles. The highest BCUT2D eigenvalue weighted by molar-refractivity contribution is 7.92. The van der Waals surface area contributed by atoms with Crippen molar-refractivity contribution in [3.63, 3.8) is 0 Å². The van der Waals surface area contributed by atoms with E-state index in [0.717, 1.165) is 12.1 Å². The van der Waals surface area contributed by atoms with Crippen LogP contribution in [0.4, 0.5) is 17.1 Å². The maximum atomic E-state index is 12.8. The Morgan fingerprint density at radius 2 is 1.70 bits per heavy atom. The predicted octanol–water partition coefficient (Wildman–Crippen LogP) is 2.37. The Labute approximate surface area is 155 Å². The summed E-state index contributed by atoms with van der Waals surface area (Å²) >= 11 is 0. The summed E-state index contributed by atoms with van der Waals surface area (Å²) in [5.74, 6) is -0.212. The Morgan fingerprint density at radius 3 is 2.26 bits per heavy atom. The van der Waals surface area contributed by atoms with E-state index in [1.165, 1.54) is 45.4 Å². The Hall–Kier alpha value is -3.34. The van der Waals surface area contributed by atoms with Crippen LogP contribution >= 0.6 is 0 Å². The lowest BCUT2D eigenvalue weighted by molar-refractivity contribution is -0.385. The first-order valence-corrected chi connectivity index (χ1v) is 8.97. The van der Waals surface area contributed by atoms with Crippen molar-refractivity contribution >= 4 is 33.0 Å². The van der Waals surface area contributed by atoms with Gasteiger partial charge >= 0.3 is 0 Å². The van der Waals surface area contributed by atoms with Gasteiger partial charge in [0.05, 0.1) is 24.8 Å². The number of nitro benzene ring substituents is 1. The molecule has 2 rings (SSSR count). The molecule has 0 aromatic heterocycles. The molecule has 11 heteroatoms. The normalized spacial score (nSPS) is 10.8. The molecule has 0 spiro atoms. The van der Waals surface area contributed by atoms with Crippen LogP contribution in [0.5, 0.6) is 11.5 Å². The topological polar surface area (TPSA) is 137 Å². The zero-order chi connectivity index (χ0) is 20.2. The predicted molar refractivity (Wildman–Crippen MR) is 97.8 cm³/mol. The van der Waals surface area contributed by atoms with Crippen LogP contribution in [0.3, 0.4) is 0 Å². The minimum absolute atomic E-state index is 0.0392. The highest BCUT2D eigenvalue weighted by atomic mass is 32.2. The number of sulfonamides is 1. The molecule has 1 amide bonds. The summed E-state index contributed by atoms with van der Waals surface area (Å²) in [4.78, 5) is 21.1. The molecule has 0 heterocycles. The lowest BCUT2D eigenvalue weighted by atomic mass is 10.2. The molecule has 2 aromatic rings. The first kappa shape index (κ1) is 20.0. The van der Waals surface area contributed by atoms with Gasteiger partial charge in [-0.25, -0.2) is 8.42 Å². The summed E-state index contributed by atoms with van der Waals surface area (Å²) in [5.41, 5.74) is -0.0283. The van der Waals surface area contributed by atoms with Crippen molar-refractivity contribution in [2.24, 2.45) is 0 Å². The van der Waals surface area contributed by atoms with Gasteiger partial charge in [-0.2, -0.15) is 0 Å². The van der Waals surface area contributed by atoms with Crippen molar-refractivity contribution in [3.8, 4) is 11.5 Å². The molecule has 0 aliphatic carbocycles. The number of anilines is 2. The molecule has 0 aliphatic rings. The maximum absolute atomic E-state index is 12.8. The fourth-order valence-corrected chi connectivity index (χ4v) is 3.51. The van der Waals surface area contributed by atoms with Crippen molar-refractivity contribution < 1.29 is 27.6 Å². The summed E-state index contributed by atoms with van der Waals surface area (Å²) in [6.07, 6.45) is 0. The third-order valence-corrected chi connectivity index (χ3v) is 4.80. The van der Waals surface area contributed by atoms with Crippen molar-refractivity contribution in [1.82, 2.24) is 0 Å². The summed E-state index contributed by atoms with van der Waals surface area (Å²) in [5, 5.41) is 13.5. The lowest BCUT2D eigenvalue weighted by Gasteiger charge is -2.15. The highest BCUT2D eigenvalue weighted by Crippen LogP contribution is 2.33. The number of carbonyl (C=O) groups is 1. The SMILES string of the molecule is COc1ccc(NC(C)=O)cc1NS(=O)(=O)c1cc([N+](=O)[O-])ccc1OC. The number of nitro groups is 1. The van der Waals surface area contributed by atoms with Gasteiger partial charge in [0.2, 0.25) is 5.91 Å². The Morgan fingerprint density at radius 1 is 1.07 bits per heavy atom. The average Bonchev–Trinajstić information content (AvgIpc) is 2.60. The van der Waals surface area contributed by atoms with Gasteiger partial charge in [-0.15, -0.1) is 0 Å². The standard InChI is InChI=1S/C16H17N3O7S/c1-10(20)17-11-4-6-14(25-2)13(8-11)18-27(23,24)16-9-12(19(21)22)5-7-15(16)26-3/h4-9,18H,1-3H3,(H,17,20). The number of carbonyl (C=O) groups excluding carboxylic acids is 1. The van der Waals surface area contributed by atoms with Gasteiger partial charge in [0.25, 0.3) is 15.7 Å². The van der Waals surface area contributed by atoms with Gasteiger partial charge in [-0.05, 0) is 24.3 Å². The number of non-ortho nitro benzene ring substituents is 1. The summed E-state index contributed by atoms with van der Waals surface area (Å²) in [6.45, 7) is 1.31. The number of nitrogens with zero attached hydrogens (tertiary/aromatic N) is 1. The molecule has 0 bridgehead atoms. The van der Waals surface area contributed by atoms with E-state index in [1.54, 1.807) is 0 Å². The number of ether oxygens (including phenoxy) is 2. The minimum Gasteiger partial charge on any atom is -0.495 e. The van der Waals surface area contributed by atoms with E-state index < -0.39 is 25.5 Å². The summed E-state index contributed by atoms with van der Waals surface area (Å²) < 4.78 is 38.0. The van der Waals surface area contributed by atoms with Crippen LogP contribution in [-0.4, -0.2) is 33.5 Å². The van der Waals surface area contributed by atoms with E-state index in [2.05, 4.69) is 10.0 Å². The van der Waals surface area contributed by atoms with Crippen LogP contribution < -0.4 is 19.5 Å². The lowest BCUT2D eigenvalue weighted by Crippen LogP contribution is -2.15. The van der Waals surface area contributed by atoms with Crippen LogP contribution in [0.15, 0.2) is 41.3 Å². The van der Waals surface area contributed by atoms with Crippen LogP contribution in [0.2, 0.25) is 0 Å². The quantitative estimate of drug-likeness (QED) is 0.542. The molecule has 0 radical (unpaired) electrons. The number of nitrogens with one attached hydrogen (secondary N) is 2. The number of rotatable bonds is 7. The van der Waals surface area contributed by atoms with Gasteiger partial charge in [0.1, 0.15) is 16.4 Å². The first-order chi connectivity index (χ1) is 12.7. The van der Waals surface area contributed by atoms with E-state index >= 15 is 0 Å². The van der Waals surface area contributed by atoms with Gasteiger partial charge < -0.3 is 14.8 Å². The van der Waals surface area contributed by atoms with E-state index in [-0.39, 0.29) is 23.1 Å². The molecular formula is C16H17N3O7S. The van der Waals surface area contributed by atoms with Crippen LogP contribution in [0.25, 0.3) is 0 Å². The van der Waals surface area contributed by atoms with E-state index in [9.17, 15) is 23.3 Å². The smallest absolute Gasteiger partial charge is 0.271 e. The Bertz CT molecular complexity index is 990. The molecule has 27 heavy (non-hydrogen) atoms. The van der Waals surface area contributed by atoms with Crippen molar-refractivity contribution in [2.75, 3.05) is 24.3 Å². The monoisotopic (exact) mass is 395 g/mol. The number of methoxy groups -OCH3 is 2. The van der Waals surface area contributed by atoms with E-state index in [4.69, 9.17) is 9.47 Å². The number of amides is 1. The molecule has 10 nitrogen and oxygen atoms in total. The Kier molecular flexibility index (Phi) is 5.85. The first-order valence-electron chi connectivity index (χ1n) is 7.49. The largest absolute Gasteiger partial charge is 0.495 e. The molecule has 0 aliphatic heterocycles. The summed E-state index contributed by atoms with van der Waals surface area (Å²) in [6, 6.07) is 7.58. The maximum Gasteiger partial charge on any atom is 0.271 e. The molecule has 0 fully saturated rings. The second-order valence-electron chi connectivity index (χ2n) is 5.29. The van der Waals surface area contributed by atoms with Crippen molar-refractivity contribution in [2.45, 2.75) is 11.8 Å². The van der Waals surface area contributed by atoms with Gasteiger partial charge in [-0.3, -0.25) is 19.6 Å². The Balaban J connectivity index is 2.51. The second-order valence-corrected chi connectivity index (χ2v) is 6.94. The molecule has 2 aromatic carbocycles. The average molecular weight is 395 g/mol. The van der Waals surface area contributed by atoms with Gasteiger partial charge in [0, 0.05) is 24.7 Å². The minimum atomic E-state index is -4.26. The zero-order valence-corrected chi connectivity index (χ0v) is 15.5. The fraction of sp³-hybridized carbons (Fsp3) is 0.188. The molecule has 0 atom stereocenters. The van der Waals surface area contributed by atoms with Crippen LogP contribution in [-0.2, 0) is 14.8 Å². The highest BCUT2D eigenvalue weighted by Gasteiger charge is 2.24. The number of hydrogen-bond donors (Lipinski definition) is 2. The van der Waals surface area contributed by atoms with Crippen molar-refractivity contribution in [3.05, 3.63) is 46.5 Å². The number of hydrogen-bond acceptors (Lipinski definition) is 7. The molecule has 0 unspecified atom stereocenters. The fourth-order valence-electron chi connectivity index (χ4n) is 2.26. The molecule has 0 saturated heterocycles. The van der Waals surface area contributed by atoms with Gasteiger partial charge in [0.15, 0.2) is 0 Å². The third-order valence-electron chi connectivity index (χ3n) is 3.41. The van der Waals surface area contributed by atoms with E-state index in [1.807, 2.05) is 0 Å². The second kappa shape index (κ2) is 7.91. The molecule has 2 N–H and O–H groups in total. The van der Waals surface area contributed by atoms with Gasteiger partial charge in [-0.1, -0.05) is 0 Å².